The first-order chi connectivity index (χ1) is 11.5. The van der Waals surface area contributed by atoms with Gasteiger partial charge in [-0.3, -0.25) is 0 Å². The number of hydrogen-bond acceptors (Lipinski definition) is 6. The highest BCUT2D eigenvalue weighted by Crippen LogP contribution is 2.19. The molecule has 0 aromatic heterocycles. The first kappa shape index (κ1) is 20.9. The molecule has 0 heterocycles. The molecule has 0 aliphatic carbocycles. The number of ether oxygens (including phenoxy) is 3. The molecule has 0 aliphatic heterocycles. The Morgan fingerprint density at radius 1 is 1.12 bits per heavy atom. The molecule has 0 amide bonds. The van der Waals surface area contributed by atoms with Crippen LogP contribution < -0.4 is 10.1 Å². The van der Waals surface area contributed by atoms with Crippen molar-refractivity contribution in [2.75, 3.05) is 33.0 Å². The van der Waals surface area contributed by atoms with Crippen LogP contribution in [-0.4, -0.2) is 61.4 Å². The molecule has 3 N–H and O–H groups in total. The molecule has 0 fully saturated rings. The Bertz CT molecular complexity index is 441. The molecule has 0 saturated carbocycles. The van der Waals surface area contributed by atoms with Crippen LogP contribution in [0.2, 0.25) is 0 Å². The third kappa shape index (κ3) is 9.20. The maximum Gasteiger partial charge on any atom is 0.124 e. The number of aliphatic hydroxyl groups is 2. The van der Waals surface area contributed by atoms with Crippen molar-refractivity contribution in [3.63, 3.8) is 0 Å². The molecule has 138 valence electrons. The Kier molecular flexibility index (Phi) is 10.6. The molecule has 0 spiro atoms. The summed E-state index contributed by atoms with van der Waals surface area (Å²) in [4.78, 5) is 0. The number of rotatable bonds is 13. The summed E-state index contributed by atoms with van der Waals surface area (Å²) in [6.07, 6.45) is -0.444. The lowest BCUT2D eigenvalue weighted by molar-refractivity contribution is 0.0135. The van der Waals surface area contributed by atoms with Crippen LogP contribution in [0.15, 0.2) is 24.3 Å². The highest BCUT2D eigenvalue weighted by atomic mass is 16.5. The van der Waals surface area contributed by atoms with Gasteiger partial charge in [-0.05, 0) is 26.8 Å². The number of aliphatic hydroxyl groups excluding tert-OH is 2. The van der Waals surface area contributed by atoms with Gasteiger partial charge in [-0.25, -0.2) is 0 Å². The molecular formula is C18H31NO5. The average molecular weight is 341 g/mol. The zero-order chi connectivity index (χ0) is 17.8. The van der Waals surface area contributed by atoms with Crippen molar-refractivity contribution in [1.82, 2.24) is 5.32 Å². The van der Waals surface area contributed by atoms with Crippen molar-refractivity contribution in [3.05, 3.63) is 29.8 Å². The molecule has 2 atom stereocenters. The molecule has 0 saturated heterocycles. The molecular weight excluding hydrogens is 310 g/mol. The zero-order valence-electron chi connectivity index (χ0n) is 14.9. The Morgan fingerprint density at radius 2 is 1.88 bits per heavy atom. The van der Waals surface area contributed by atoms with Crippen molar-refractivity contribution >= 4 is 0 Å². The van der Waals surface area contributed by atoms with E-state index in [1.54, 1.807) is 0 Å². The second-order valence-corrected chi connectivity index (χ2v) is 6.04. The van der Waals surface area contributed by atoms with Gasteiger partial charge in [0, 0.05) is 18.2 Å². The summed E-state index contributed by atoms with van der Waals surface area (Å²) in [7, 11) is 0. The lowest BCUT2D eigenvalue weighted by atomic mass is 10.2. The molecule has 6 heteroatoms. The summed E-state index contributed by atoms with van der Waals surface area (Å²) in [5.41, 5.74) is 0.936. The molecule has 6 nitrogen and oxygen atoms in total. The number of hydrogen-bond donors (Lipinski definition) is 3. The third-order valence-electron chi connectivity index (χ3n) is 3.32. The van der Waals surface area contributed by atoms with E-state index in [0.717, 1.165) is 5.56 Å². The molecule has 0 aliphatic rings. The smallest absolute Gasteiger partial charge is 0.124 e. The SMILES string of the molecule is CC(CO)NCC(O)COc1ccccc1COCCOC(C)C. The maximum absolute atomic E-state index is 9.93. The fourth-order valence-corrected chi connectivity index (χ4v) is 1.94. The number of nitrogens with one attached hydrogen (secondary N) is 1. The summed E-state index contributed by atoms with van der Waals surface area (Å²) in [6, 6.07) is 7.57. The van der Waals surface area contributed by atoms with Crippen LogP contribution in [0.25, 0.3) is 0 Å². The second-order valence-electron chi connectivity index (χ2n) is 6.04. The van der Waals surface area contributed by atoms with Crippen LogP contribution >= 0.6 is 0 Å². The van der Waals surface area contributed by atoms with Gasteiger partial charge in [0.25, 0.3) is 0 Å². The van der Waals surface area contributed by atoms with Gasteiger partial charge in [0.2, 0.25) is 0 Å². The lowest BCUT2D eigenvalue weighted by Crippen LogP contribution is -2.38. The Morgan fingerprint density at radius 3 is 2.58 bits per heavy atom. The predicted molar refractivity (Wildman–Crippen MR) is 93.2 cm³/mol. The zero-order valence-corrected chi connectivity index (χ0v) is 14.9. The standard InChI is InChI=1S/C18H31NO5/c1-14(2)23-9-8-22-12-16-6-4-5-7-18(16)24-13-17(21)10-19-15(3)11-20/h4-7,14-15,17,19-21H,8-13H2,1-3H3. The van der Waals surface area contributed by atoms with Crippen LogP contribution in [-0.2, 0) is 16.1 Å². The van der Waals surface area contributed by atoms with Gasteiger partial charge in [-0.2, -0.15) is 0 Å². The summed E-state index contributed by atoms with van der Waals surface area (Å²) >= 11 is 0. The first-order valence-electron chi connectivity index (χ1n) is 8.45. The van der Waals surface area contributed by atoms with Crippen LogP contribution in [0.1, 0.15) is 26.3 Å². The van der Waals surface area contributed by atoms with E-state index in [4.69, 9.17) is 19.3 Å². The van der Waals surface area contributed by atoms with Gasteiger partial charge in [0.1, 0.15) is 18.5 Å². The Hall–Kier alpha value is -1.18. The van der Waals surface area contributed by atoms with E-state index < -0.39 is 6.10 Å². The van der Waals surface area contributed by atoms with E-state index in [1.165, 1.54) is 0 Å². The molecule has 24 heavy (non-hydrogen) atoms. The van der Waals surface area contributed by atoms with E-state index in [2.05, 4.69) is 5.32 Å². The van der Waals surface area contributed by atoms with Gasteiger partial charge < -0.3 is 29.7 Å². The van der Waals surface area contributed by atoms with Gasteiger partial charge in [-0.15, -0.1) is 0 Å². The van der Waals surface area contributed by atoms with Crippen LogP contribution in [0, 0.1) is 0 Å². The van der Waals surface area contributed by atoms with E-state index in [0.29, 0.717) is 32.1 Å². The second kappa shape index (κ2) is 12.2. The Balaban J connectivity index is 2.34. The van der Waals surface area contributed by atoms with Gasteiger partial charge in [-0.1, -0.05) is 18.2 Å². The van der Waals surface area contributed by atoms with Crippen molar-refractivity contribution in [2.24, 2.45) is 0 Å². The minimum absolute atomic E-state index is 0.0360. The predicted octanol–water partition coefficient (Wildman–Crippen LogP) is 1.34. The van der Waals surface area contributed by atoms with E-state index >= 15 is 0 Å². The van der Waals surface area contributed by atoms with Crippen molar-refractivity contribution in [1.29, 1.82) is 0 Å². The van der Waals surface area contributed by atoms with Gasteiger partial charge >= 0.3 is 0 Å². The van der Waals surface area contributed by atoms with Crippen LogP contribution in [0.5, 0.6) is 5.75 Å². The summed E-state index contributed by atoms with van der Waals surface area (Å²) in [5, 5.41) is 21.9. The molecule has 0 bridgehead atoms. The van der Waals surface area contributed by atoms with Gasteiger partial charge in [0.15, 0.2) is 0 Å². The van der Waals surface area contributed by atoms with E-state index in [9.17, 15) is 5.11 Å². The number of benzene rings is 1. The molecule has 1 rings (SSSR count). The van der Waals surface area contributed by atoms with E-state index in [1.807, 2.05) is 45.0 Å². The molecule has 2 unspecified atom stereocenters. The average Bonchev–Trinajstić information content (AvgIpc) is 2.58. The van der Waals surface area contributed by atoms with E-state index in [-0.39, 0.29) is 25.4 Å². The highest BCUT2D eigenvalue weighted by Gasteiger charge is 2.09. The van der Waals surface area contributed by atoms with Crippen LogP contribution in [0.4, 0.5) is 0 Å². The molecule has 1 aromatic rings. The normalized spacial score (nSPS) is 13.9. The fourth-order valence-electron chi connectivity index (χ4n) is 1.94. The minimum atomic E-state index is -0.646. The van der Waals surface area contributed by atoms with Crippen LogP contribution in [0.3, 0.4) is 0 Å². The van der Waals surface area contributed by atoms with Crippen molar-refractivity contribution < 1.29 is 24.4 Å². The van der Waals surface area contributed by atoms with Crippen molar-refractivity contribution in [3.8, 4) is 5.75 Å². The highest BCUT2D eigenvalue weighted by molar-refractivity contribution is 5.32. The number of para-hydroxylation sites is 1. The quantitative estimate of drug-likeness (QED) is 0.470. The summed E-state index contributed by atoms with van der Waals surface area (Å²) in [6.45, 7) is 7.94. The monoisotopic (exact) mass is 341 g/mol. The maximum atomic E-state index is 9.93. The largest absolute Gasteiger partial charge is 0.490 e. The Labute approximate surface area is 144 Å². The first-order valence-corrected chi connectivity index (χ1v) is 8.45. The summed E-state index contributed by atoms with van der Waals surface area (Å²) in [5.74, 6) is 0.705. The topological polar surface area (TPSA) is 80.2 Å². The lowest BCUT2D eigenvalue weighted by Gasteiger charge is -2.17. The molecule has 1 aromatic carbocycles. The third-order valence-corrected chi connectivity index (χ3v) is 3.32. The fraction of sp³-hybridized carbons (Fsp3) is 0.667. The molecule has 0 radical (unpaired) electrons. The van der Waals surface area contributed by atoms with Gasteiger partial charge in [0.05, 0.1) is 32.5 Å². The summed E-state index contributed by atoms with van der Waals surface area (Å²) < 4.78 is 16.7. The minimum Gasteiger partial charge on any atom is -0.490 e. The van der Waals surface area contributed by atoms with Crippen molar-refractivity contribution in [2.45, 2.75) is 45.6 Å².